The highest BCUT2D eigenvalue weighted by molar-refractivity contribution is 7.09. The Hall–Kier alpha value is -1.59. The van der Waals surface area contributed by atoms with Crippen LogP contribution in [0.4, 0.5) is 0 Å². The molecular weight excluding hydrogens is 248 g/mol. The first-order valence-electron chi connectivity index (χ1n) is 5.87. The van der Waals surface area contributed by atoms with E-state index >= 15 is 0 Å². The molecule has 0 unspecified atom stereocenters. The number of hydrogen-bond donors (Lipinski definition) is 1. The molecule has 0 amide bonds. The minimum atomic E-state index is 0.324. The van der Waals surface area contributed by atoms with Gasteiger partial charge in [-0.25, -0.2) is 4.98 Å². The molecule has 2 heterocycles. The minimum absolute atomic E-state index is 0.324. The number of ether oxygens (including phenoxy) is 2. The van der Waals surface area contributed by atoms with Crippen molar-refractivity contribution in [1.82, 2.24) is 4.98 Å². The van der Waals surface area contributed by atoms with Crippen LogP contribution in [0.3, 0.4) is 0 Å². The summed E-state index contributed by atoms with van der Waals surface area (Å²) in [6, 6.07) is 6.08. The Morgan fingerprint density at radius 3 is 2.94 bits per heavy atom. The summed E-state index contributed by atoms with van der Waals surface area (Å²) in [5, 5.41) is 3.07. The van der Waals surface area contributed by atoms with Gasteiger partial charge in [-0.1, -0.05) is 6.07 Å². The van der Waals surface area contributed by atoms with Gasteiger partial charge in [0.2, 0.25) is 6.79 Å². The van der Waals surface area contributed by atoms with Crippen molar-refractivity contribution < 1.29 is 9.47 Å². The quantitative estimate of drug-likeness (QED) is 0.917. The molecule has 94 valence electrons. The summed E-state index contributed by atoms with van der Waals surface area (Å²) in [4.78, 5) is 4.45. The molecule has 4 nitrogen and oxygen atoms in total. The maximum Gasteiger partial charge on any atom is 0.231 e. The zero-order valence-electron chi connectivity index (χ0n) is 9.89. The van der Waals surface area contributed by atoms with Crippen LogP contribution in [-0.2, 0) is 19.4 Å². The first-order chi connectivity index (χ1) is 8.85. The van der Waals surface area contributed by atoms with Gasteiger partial charge in [0.05, 0.1) is 5.69 Å². The fourth-order valence-corrected chi connectivity index (χ4v) is 2.64. The zero-order valence-corrected chi connectivity index (χ0v) is 10.7. The van der Waals surface area contributed by atoms with E-state index in [1.54, 1.807) is 11.3 Å². The van der Waals surface area contributed by atoms with Gasteiger partial charge in [0.15, 0.2) is 11.5 Å². The number of aryl methyl sites for hydroxylation is 2. The summed E-state index contributed by atoms with van der Waals surface area (Å²) >= 11 is 1.62. The molecule has 5 heteroatoms. The van der Waals surface area contributed by atoms with E-state index in [2.05, 4.69) is 16.4 Å². The third-order valence-corrected chi connectivity index (χ3v) is 3.80. The maximum absolute atomic E-state index is 5.55. The average molecular weight is 262 g/mol. The summed E-state index contributed by atoms with van der Waals surface area (Å²) < 4.78 is 10.6. The molecule has 0 radical (unpaired) electrons. The third kappa shape index (κ3) is 2.32. The third-order valence-electron chi connectivity index (χ3n) is 2.88. The second-order valence-corrected chi connectivity index (χ2v) is 5.07. The summed E-state index contributed by atoms with van der Waals surface area (Å²) in [6.07, 6.45) is 1.88. The Labute approximate surface area is 109 Å². The Bertz CT molecular complexity index is 554. The molecule has 0 spiro atoms. The molecule has 0 atom stereocenters. The highest BCUT2D eigenvalue weighted by Gasteiger charge is 2.13. The molecule has 1 aromatic heterocycles. The Kier molecular flexibility index (Phi) is 3.17. The lowest BCUT2D eigenvalue weighted by molar-refractivity contribution is 0.174. The van der Waals surface area contributed by atoms with E-state index in [1.165, 1.54) is 5.56 Å². The summed E-state index contributed by atoms with van der Waals surface area (Å²) in [6.45, 7) is 0.847. The largest absolute Gasteiger partial charge is 0.454 e. The number of nitrogens with two attached hydrogens (primary N) is 1. The second-order valence-electron chi connectivity index (χ2n) is 4.12. The van der Waals surface area contributed by atoms with Crippen LogP contribution < -0.4 is 15.2 Å². The van der Waals surface area contributed by atoms with Crippen LogP contribution >= 0.6 is 11.3 Å². The van der Waals surface area contributed by atoms with Crippen molar-refractivity contribution in [1.29, 1.82) is 0 Å². The smallest absolute Gasteiger partial charge is 0.231 e. The topological polar surface area (TPSA) is 57.4 Å². The number of aromatic nitrogens is 1. The maximum atomic E-state index is 5.55. The van der Waals surface area contributed by atoms with E-state index in [4.69, 9.17) is 15.2 Å². The highest BCUT2D eigenvalue weighted by Crippen LogP contribution is 2.32. The van der Waals surface area contributed by atoms with Gasteiger partial charge in [0.25, 0.3) is 0 Å². The molecule has 18 heavy (non-hydrogen) atoms. The van der Waals surface area contributed by atoms with E-state index in [9.17, 15) is 0 Å². The Balaban J connectivity index is 1.66. The average Bonchev–Trinajstić information content (AvgIpc) is 3.04. The van der Waals surface area contributed by atoms with Crippen LogP contribution in [-0.4, -0.2) is 11.8 Å². The number of fused-ring (bicyclic) bond motifs is 1. The number of rotatable bonds is 4. The van der Waals surface area contributed by atoms with E-state index < -0.39 is 0 Å². The predicted octanol–water partition coefficient (Wildman–Crippen LogP) is 2.12. The van der Waals surface area contributed by atoms with Crippen LogP contribution in [0, 0.1) is 0 Å². The predicted molar refractivity (Wildman–Crippen MR) is 70.0 cm³/mol. The van der Waals surface area contributed by atoms with Gasteiger partial charge in [0.1, 0.15) is 5.01 Å². The minimum Gasteiger partial charge on any atom is -0.454 e. The number of hydrogen-bond acceptors (Lipinski definition) is 5. The van der Waals surface area contributed by atoms with E-state index in [0.29, 0.717) is 13.3 Å². The van der Waals surface area contributed by atoms with Crippen LogP contribution in [0.2, 0.25) is 0 Å². The molecule has 1 aliphatic rings. The number of nitrogens with zero attached hydrogens (tertiary/aromatic N) is 1. The van der Waals surface area contributed by atoms with E-state index in [-0.39, 0.29) is 0 Å². The second kappa shape index (κ2) is 4.96. The highest BCUT2D eigenvalue weighted by atomic mass is 32.1. The van der Waals surface area contributed by atoms with Crippen LogP contribution in [0.1, 0.15) is 16.3 Å². The zero-order chi connectivity index (χ0) is 12.4. The number of thiazole rings is 1. The first kappa shape index (κ1) is 11.5. The molecule has 0 aliphatic carbocycles. The SMILES string of the molecule is NCc1nc(CCc2ccc3c(c2)OCO3)cs1. The molecule has 0 fully saturated rings. The van der Waals surface area contributed by atoms with Crippen LogP contribution in [0.25, 0.3) is 0 Å². The van der Waals surface area contributed by atoms with Gasteiger partial charge in [-0.15, -0.1) is 11.3 Å². The van der Waals surface area contributed by atoms with Crippen molar-refractivity contribution in [3.63, 3.8) is 0 Å². The molecule has 0 bridgehead atoms. The lowest BCUT2D eigenvalue weighted by atomic mass is 10.1. The van der Waals surface area contributed by atoms with Gasteiger partial charge in [-0.2, -0.15) is 0 Å². The summed E-state index contributed by atoms with van der Waals surface area (Å²) in [5.74, 6) is 1.67. The van der Waals surface area contributed by atoms with Gasteiger partial charge in [-0.05, 0) is 30.5 Å². The molecule has 2 N–H and O–H groups in total. The normalized spacial score (nSPS) is 12.9. The molecule has 0 saturated heterocycles. The van der Waals surface area contributed by atoms with Crippen molar-refractivity contribution >= 4 is 11.3 Å². The molecule has 2 aromatic rings. The van der Waals surface area contributed by atoms with Crippen molar-refractivity contribution in [2.24, 2.45) is 5.73 Å². The standard InChI is InChI=1S/C13H14N2O2S/c14-6-13-15-10(7-18-13)3-1-9-2-4-11-12(5-9)17-8-16-11/h2,4-5,7H,1,3,6,8,14H2. The first-order valence-corrected chi connectivity index (χ1v) is 6.75. The van der Waals surface area contributed by atoms with Crippen LogP contribution in [0.15, 0.2) is 23.6 Å². The van der Waals surface area contributed by atoms with Gasteiger partial charge in [0, 0.05) is 11.9 Å². The summed E-state index contributed by atoms with van der Waals surface area (Å²) in [5.41, 5.74) is 7.90. The molecular formula is C13H14N2O2S. The fraction of sp³-hybridized carbons (Fsp3) is 0.308. The lowest BCUT2D eigenvalue weighted by Gasteiger charge is -2.01. The van der Waals surface area contributed by atoms with Crippen molar-refractivity contribution in [3.8, 4) is 11.5 Å². The van der Waals surface area contributed by atoms with Gasteiger partial charge < -0.3 is 15.2 Å². The number of benzene rings is 1. The Morgan fingerprint density at radius 2 is 2.11 bits per heavy atom. The lowest BCUT2D eigenvalue weighted by Crippen LogP contribution is -1.97. The monoisotopic (exact) mass is 262 g/mol. The summed E-state index contributed by atoms with van der Waals surface area (Å²) in [7, 11) is 0. The molecule has 0 saturated carbocycles. The molecule has 3 rings (SSSR count). The fourth-order valence-electron chi connectivity index (χ4n) is 1.93. The van der Waals surface area contributed by atoms with Gasteiger partial charge >= 0.3 is 0 Å². The van der Waals surface area contributed by atoms with Crippen molar-refractivity contribution in [3.05, 3.63) is 39.8 Å². The van der Waals surface area contributed by atoms with Crippen molar-refractivity contribution in [2.45, 2.75) is 19.4 Å². The molecule has 1 aromatic carbocycles. The van der Waals surface area contributed by atoms with Crippen molar-refractivity contribution in [2.75, 3.05) is 6.79 Å². The van der Waals surface area contributed by atoms with E-state index in [1.807, 2.05) is 12.1 Å². The molecule has 1 aliphatic heterocycles. The Morgan fingerprint density at radius 1 is 1.22 bits per heavy atom. The van der Waals surface area contributed by atoms with E-state index in [0.717, 1.165) is 35.0 Å². The van der Waals surface area contributed by atoms with Gasteiger partial charge in [-0.3, -0.25) is 0 Å². The van der Waals surface area contributed by atoms with Crippen LogP contribution in [0.5, 0.6) is 11.5 Å².